The van der Waals surface area contributed by atoms with Gasteiger partial charge in [0.15, 0.2) is 5.65 Å². The number of phenols is 1. The van der Waals surface area contributed by atoms with Crippen LogP contribution in [0.25, 0.3) is 16.8 Å². The normalized spacial score (nSPS) is 14.2. The third-order valence-electron chi connectivity index (χ3n) is 5.44. The van der Waals surface area contributed by atoms with Crippen LogP contribution in [-0.2, 0) is 0 Å². The molecule has 0 amide bonds. The Labute approximate surface area is 190 Å². The minimum atomic E-state index is 0.153. The molecule has 0 aliphatic carbocycles. The van der Waals surface area contributed by atoms with Crippen molar-refractivity contribution in [3.05, 3.63) is 59.9 Å². The van der Waals surface area contributed by atoms with Crippen LogP contribution in [0.4, 0.5) is 11.8 Å². The minimum Gasteiger partial charge on any atom is -0.508 e. The number of benzene rings is 1. The first-order chi connectivity index (χ1) is 15.6. The maximum absolute atomic E-state index is 9.78. The number of nitrogens with zero attached hydrogens (tertiary/aromatic N) is 5. The van der Waals surface area contributed by atoms with Crippen molar-refractivity contribution in [2.24, 2.45) is 0 Å². The number of aromatic hydroxyl groups is 1. The number of phenolic OH excluding ortho intramolecular Hbond substituents is 1. The molecule has 4 heterocycles. The topological polar surface area (TPSA) is 87.8 Å². The molecule has 0 unspecified atom stereocenters. The number of likely N-dealkylation sites (tertiary alicyclic amines) is 1. The lowest BCUT2D eigenvalue weighted by molar-refractivity contribution is 0.237. The highest BCUT2D eigenvalue weighted by molar-refractivity contribution is 6.33. The molecule has 3 aromatic heterocycles. The minimum absolute atomic E-state index is 0.153. The lowest BCUT2D eigenvalue weighted by Gasteiger charge is -2.14. The van der Waals surface area contributed by atoms with Gasteiger partial charge in [-0.3, -0.25) is 4.90 Å². The van der Waals surface area contributed by atoms with Crippen LogP contribution >= 0.6 is 11.6 Å². The van der Waals surface area contributed by atoms with Crippen LogP contribution in [0.3, 0.4) is 0 Å². The summed E-state index contributed by atoms with van der Waals surface area (Å²) in [6, 6.07) is 12.3. The molecule has 4 aromatic rings. The fourth-order valence-corrected chi connectivity index (χ4v) is 4.01. The zero-order valence-electron chi connectivity index (χ0n) is 17.4. The highest BCUT2D eigenvalue weighted by Gasteiger charge is 2.11. The summed E-state index contributed by atoms with van der Waals surface area (Å²) in [6.45, 7) is 3.94. The summed E-state index contributed by atoms with van der Waals surface area (Å²) in [5.41, 5.74) is 2.22. The molecule has 32 heavy (non-hydrogen) atoms. The Kier molecular flexibility index (Phi) is 5.79. The van der Waals surface area contributed by atoms with Crippen LogP contribution in [0.15, 0.2) is 54.9 Å². The number of anilines is 2. The predicted molar refractivity (Wildman–Crippen MR) is 124 cm³/mol. The van der Waals surface area contributed by atoms with E-state index in [-0.39, 0.29) is 5.75 Å². The van der Waals surface area contributed by atoms with Crippen LogP contribution in [0.2, 0.25) is 5.02 Å². The van der Waals surface area contributed by atoms with Crippen molar-refractivity contribution in [2.75, 3.05) is 31.6 Å². The largest absolute Gasteiger partial charge is 0.508 e. The fourth-order valence-electron chi connectivity index (χ4n) is 3.78. The second-order valence-corrected chi connectivity index (χ2v) is 8.13. The van der Waals surface area contributed by atoms with Crippen LogP contribution in [0, 0.1) is 0 Å². The van der Waals surface area contributed by atoms with Crippen molar-refractivity contribution in [1.82, 2.24) is 24.5 Å². The van der Waals surface area contributed by atoms with Gasteiger partial charge >= 0.3 is 0 Å². The molecule has 1 aliphatic rings. The van der Waals surface area contributed by atoms with Gasteiger partial charge in [-0.1, -0.05) is 11.6 Å². The molecule has 164 valence electrons. The molecule has 1 fully saturated rings. The molecule has 1 saturated heterocycles. The Balaban J connectivity index is 1.25. The van der Waals surface area contributed by atoms with Gasteiger partial charge in [0, 0.05) is 28.9 Å². The van der Waals surface area contributed by atoms with Gasteiger partial charge in [-0.15, -0.1) is 5.10 Å². The van der Waals surface area contributed by atoms with Crippen LogP contribution in [0.5, 0.6) is 11.5 Å². The maximum atomic E-state index is 9.78. The third-order valence-corrected chi connectivity index (χ3v) is 5.77. The first kappa shape index (κ1) is 20.5. The Morgan fingerprint density at radius 2 is 1.97 bits per heavy atom. The quantitative estimate of drug-likeness (QED) is 0.432. The monoisotopic (exact) mass is 450 g/mol. The van der Waals surface area contributed by atoms with Gasteiger partial charge in [-0.05, 0) is 68.4 Å². The zero-order valence-corrected chi connectivity index (χ0v) is 18.2. The lowest BCUT2D eigenvalue weighted by atomic mass is 10.1. The lowest BCUT2D eigenvalue weighted by Crippen LogP contribution is -2.25. The molecular formula is C23H23ClN6O2. The van der Waals surface area contributed by atoms with E-state index < -0.39 is 0 Å². The Morgan fingerprint density at radius 1 is 1.09 bits per heavy atom. The summed E-state index contributed by atoms with van der Waals surface area (Å²) < 4.78 is 7.46. The maximum Gasteiger partial charge on any atom is 0.248 e. The first-order valence-corrected chi connectivity index (χ1v) is 11.0. The number of hydrogen-bond acceptors (Lipinski definition) is 7. The number of fused-ring (bicyclic) bond motifs is 1. The molecule has 0 atom stereocenters. The van der Waals surface area contributed by atoms with Crippen molar-refractivity contribution in [3.63, 3.8) is 0 Å². The van der Waals surface area contributed by atoms with Gasteiger partial charge in [0.25, 0.3) is 0 Å². The first-order valence-electron chi connectivity index (χ1n) is 10.6. The number of nitrogens with one attached hydrogen (secondary N) is 1. The second-order valence-electron chi connectivity index (χ2n) is 7.72. The molecule has 1 aromatic carbocycles. The van der Waals surface area contributed by atoms with Gasteiger partial charge in [0.1, 0.15) is 23.9 Å². The molecule has 0 radical (unpaired) electrons. The van der Waals surface area contributed by atoms with Crippen molar-refractivity contribution >= 4 is 29.0 Å². The molecule has 5 rings (SSSR count). The van der Waals surface area contributed by atoms with Crippen molar-refractivity contribution in [3.8, 4) is 22.6 Å². The van der Waals surface area contributed by atoms with Gasteiger partial charge in [-0.2, -0.15) is 4.98 Å². The summed E-state index contributed by atoms with van der Waals surface area (Å²) >= 11 is 6.28. The standard InChI is InChI=1S/C23H23ClN6O2/c24-20-6-4-17(31)13-19(20)16-3-8-22-27-23(28-30(22)15-16)26-21-7-5-18(14-25-21)32-12-11-29-9-1-2-10-29/h3-8,13-15,31H,1-2,9-12H2,(H,25,26,28). The highest BCUT2D eigenvalue weighted by Crippen LogP contribution is 2.31. The van der Waals surface area contributed by atoms with E-state index in [0.717, 1.165) is 23.4 Å². The van der Waals surface area contributed by atoms with Crippen LogP contribution in [0.1, 0.15) is 12.8 Å². The molecule has 0 spiro atoms. The summed E-state index contributed by atoms with van der Waals surface area (Å²) in [6.07, 6.45) is 6.08. The fraction of sp³-hybridized carbons (Fsp3) is 0.261. The summed E-state index contributed by atoms with van der Waals surface area (Å²) in [5, 5.41) is 17.9. The number of ether oxygens (including phenoxy) is 1. The molecule has 9 heteroatoms. The van der Waals surface area contributed by atoms with Crippen molar-refractivity contribution in [2.45, 2.75) is 12.8 Å². The van der Waals surface area contributed by atoms with Crippen molar-refractivity contribution in [1.29, 1.82) is 0 Å². The smallest absolute Gasteiger partial charge is 0.248 e. The van der Waals surface area contributed by atoms with E-state index in [1.54, 1.807) is 28.9 Å². The average Bonchev–Trinajstić information content (AvgIpc) is 3.45. The van der Waals surface area contributed by atoms with Gasteiger partial charge in [0.2, 0.25) is 5.95 Å². The van der Waals surface area contributed by atoms with E-state index in [2.05, 4.69) is 25.3 Å². The van der Waals surface area contributed by atoms with Crippen LogP contribution < -0.4 is 10.1 Å². The third kappa shape index (κ3) is 4.61. The summed E-state index contributed by atoms with van der Waals surface area (Å²) in [5.74, 6) is 1.95. The molecule has 0 bridgehead atoms. The van der Waals surface area contributed by atoms with E-state index in [0.29, 0.717) is 29.0 Å². The van der Waals surface area contributed by atoms with Gasteiger partial charge in [-0.25, -0.2) is 9.50 Å². The van der Waals surface area contributed by atoms with E-state index in [4.69, 9.17) is 16.3 Å². The molecular weight excluding hydrogens is 428 g/mol. The Bertz CT molecular complexity index is 1220. The van der Waals surface area contributed by atoms with Crippen molar-refractivity contribution < 1.29 is 9.84 Å². The number of rotatable bonds is 7. The Morgan fingerprint density at radius 3 is 2.78 bits per heavy atom. The van der Waals surface area contributed by atoms with E-state index in [1.807, 2.05) is 30.5 Å². The molecule has 2 N–H and O–H groups in total. The number of aromatic nitrogens is 4. The van der Waals surface area contributed by atoms with Gasteiger partial charge < -0.3 is 15.2 Å². The van der Waals surface area contributed by atoms with E-state index in [1.165, 1.54) is 25.9 Å². The summed E-state index contributed by atoms with van der Waals surface area (Å²) in [4.78, 5) is 11.3. The zero-order chi connectivity index (χ0) is 21.9. The van der Waals surface area contributed by atoms with E-state index in [9.17, 15) is 5.11 Å². The predicted octanol–water partition coefficient (Wildman–Crippen LogP) is 4.37. The Hall–Kier alpha value is -3.36. The summed E-state index contributed by atoms with van der Waals surface area (Å²) in [7, 11) is 0. The highest BCUT2D eigenvalue weighted by atomic mass is 35.5. The number of pyridine rings is 2. The van der Waals surface area contributed by atoms with Gasteiger partial charge in [0.05, 0.1) is 6.20 Å². The molecule has 0 saturated carbocycles. The number of halogens is 1. The average molecular weight is 451 g/mol. The molecule has 1 aliphatic heterocycles. The molecule has 8 nitrogen and oxygen atoms in total. The second kappa shape index (κ2) is 9.02. The number of hydrogen-bond donors (Lipinski definition) is 2. The van der Waals surface area contributed by atoms with Crippen LogP contribution in [-0.4, -0.2) is 55.8 Å². The van der Waals surface area contributed by atoms with E-state index >= 15 is 0 Å². The SMILES string of the molecule is Oc1ccc(Cl)c(-c2ccc3nc(Nc4ccc(OCCN5CCCC5)cn4)nn3c2)c1.